The van der Waals surface area contributed by atoms with Crippen LogP contribution in [-0.2, 0) is 4.79 Å². The van der Waals surface area contributed by atoms with Crippen LogP contribution in [0.3, 0.4) is 0 Å². The second-order valence-electron chi connectivity index (χ2n) is 5.91. The molecule has 3 N–H and O–H groups in total. The molecule has 0 heterocycles. The van der Waals surface area contributed by atoms with Crippen LogP contribution in [0.25, 0.3) is 0 Å². The van der Waals surface area contributed by atoms with E-state index in [0.29, 0.717) is 0 Å². The zero-order valence-electron chi connectivity index (χ0n) is 10.5. The van der Waals surface area contributed by atoms with Gasteiger partial charge in [-0.1, -0.05) is 27.7 Å². The number of nitrogens with one attached hydrogen (secondary N) is 1. The average Bonchev–Trinajstić information content (AvgIpc) is 2.09. The molecule has 1 amide bonds. The fraction of sp³-hybridized carbons (Fsp3) is 0.909. The summed E-state index contributed by atoms with van der Waals surface area (Å²) in [5.41, 5.74) is 5.19. The summed E-state index contributed by atoms with van der Waals surface area (Å²) < 4.78 is 36.2. The maximum atomic E-state index is 12.1. The van der Waals surface area contributed by atoms with Crippen LogP contribution in [0.2, 0.25) is 0 Å². The molecule has 1 aliphatic rings. The molecule has 1 fully saturated rings. The van der Waals surface area contributed by atoms with Gasteiger partial charge in [0.05, 0.1) is 0 Å². The molecule has 0 radical (unpaired) electrons. The molecule has 1 aliphatic carbocycles. The zero-order valence-corrected chi connectivity index (χ0v) is 10.5. The number of carbonyl (C=O) groups is 1. The largest absolute Gasteiger partial charge is 0.397 e. The van der Waals surface area contributed by atoms with E-state index in [4.69, 9.17) is 5.73 Å². The maximum absolute atomic E-state index is 12.1. The van der Waals surface area contributed by atoms with Crippen LogP contribution >= 0.6 is 0 Å². The highest BCUT2D eigenvalue weighted by atomic mass is 19.4. The Labute approximate surface area is 98.9 Å². The van der Waals surface area contributed by atoms with Gasteiger partial charge in [0.15, 0.2) is 0 Å². The summed E-state index contributed by atoms with van der Waals surface area (Å²) in [5.74, 6) is -0.990. The van der Waals surface area contributed by atoms with Crippen molar-refractivity contribution < 1.29 is 18.0 Å². The monoisotopic (exact) mass is 252 g/mol. The third-order valence-electron chi connectivity index (χ3n) is 3.76. The van der Waals surface area contributed by atoms with E-state index in [1.165, 1.54) is 0 Å². The summed E-state index contributed by atoms with van der Waals surface area (Å²) in [6.07, 6.45) is -5.91. The van der Waals surface area contributed by atoms with E-state index >= 15 is 0 Å². The molecule has 0 aliphatic heterocycles. The third-order valence-corrected chi connectivity index (χ3v) is 3.76. The lowest BCUT2D eigenvalue weighted by Crippen LogP contribution is -2.76. The first kappa shape index (κ1) is 14.3. The molecule has 0 bridgehead atoms. The molecule has 0 atom stereocenters. The topological polar surface area (TPSA) is 55.1 Å². The lowest BCUT2D eigenvalue weighted by Gasteiger charge is -2.62. The van der Waals surface area contributed by atoms with Crippen molar-refractivity contribution in [1.29, 1.82) is 0 Å². The molecule has 0 aromatic carbocycles. The standard InChI is InChI=1S/C11H19F3N2O/c1-9(2)7(15)10(3,4)8(9)16-6(17)5-11(12,13)14/h7-8H,5,15H2,1-4H3,(H,16,17). The number of rotatable bonds is 2. The van der Waals surface area contributed by atoms with Crippen molar-refractivity contribution in [3.05, 3.63) is 0 Å². The predicted molar refractivity (Wildman–Crippen MR) is 58.1 cm³/mol. The van der Waals surface area contributed by atoms with Crippen LogP contribution in [0.4, 0.5) is 13.2 Å². The maximum Gasteiger partial charge on any atom is 0.397 e. The highest BCUT2D eigenvalue weighted by molar-refractivity contribution is 5.77. The normalized spacial score (nSPS) is 30.6. The van der Waals surface area contributed by atoms with Crippen LogP contribution < -0.4 is 11.1 Å². The van der Waals surface area contributed by atoms with Gasteiger partial charge in [0.25, 0.3) is 0 Å². The highest BCUT2D eigenvalue weighted by Crippen LogP contribution is 2.52. The van der Waals surface area contributed by atoms with Crippen molar-refractivity contribution in [3.63, 3.8) is 0 Å². The minimum Gasteiger partial charge on any atom is -0.352 e. The first-order valence-corrected chi connectivity index (χ1v) is 5.50. The van der Waals surface area contributed by atoms with E-state index in [2.05, 4.69) is 5.32 Å². The number of hydrogen-bond donors (Lipinski definition) is 2. The van der Waals surface area contributed by atoms with Gasteiger partial charge in [-0.15, -0.1) is 0 Å². The van der Waals surface area contributed by atoms with E-state index < -0.39 is 18.5 Å². The van der Waals surface area contributed by atoms with Gasteiger partial charge in [-0.3, -0.25) is 4.79 Å². The summed E-state index contributed by atoms with van der Waals surface area (Å²) in [5, 5.41) is 2.44. The van der Waals surface area contributed by atoms with Crippen LogP contribution in [0, 0.1) is 10.8 Å². The quantitative estimate of drug-likeness (QED) is 0.787. The number of nitrogens with two attached hydrogens (primary N) is 1. The van der Waals surface area contributed by atoms with E-state index in [1.54, 1.807) is 0 Å². The Morgan fingerprint density at radius 2 is 1.65 bits per heavy atom. The van der Waals surface area contributed by atoms with Crippen LogP contribution in [0.15, 0.2) is 0 Å². The van der Waals surface area contributed by atoms with Crippen molar-refractivity contribution in [3.8, 4) is 0 Å². The smallest absolute Gasteiger partial charge is 0.352 e. The summed E-state index contributed by atoms with van der Waals surface area (Å²) >= 11 is 0. The van der Waals surface area contributed by atoms with Gasteiger partial charge in [0.1, 0.15) is 6.42 Å². The lowest BCUT2D eigenvalue weighted by molar-refractivity contribution is -0.159. The number of alkyl halides is 3. The van der Waals surface area contributed by atoms with Crippen molar-refractivity contribution in [2.75, 3.05) is 0 Å². The molecule has 6 heteroatoms. The fourth-order valence-electron chi connectivity index (χ4n) is 2.95. The molecule has 0 aromatic heterocycles. The van der Waals surface area contributed by atoms with Crippen molar-refractivity contribution in [2.45, 2.75) is 52.4 Å². The van der Waals surface area contributed by atoms with Crippen LogP contribution in [0.5, 0.6) is 0 Å². The molecule has 0 spiro atoms. The number of carbonyl (C=O) groups excluding carboxylic acids is 1. The minimum atomic E-state index is -4.47. The second-order valence-corrected chi connectivity index (χ2v) is 5.91. The molecule has 1 saturated carbocycles. The van der Waals surface area contributed by atoms with Crippen LogP contribution in [0.1, 0.15) is 34.1 Å². The first-order chi connectivity index (χ1) is 7.39. The molecule has 0 aromatic rings. The Morgan fingerprint density at radius 1 is 1.24 bits per heavy atom. The van der Waals surface area contributed by atoms with Crippen LogP contribution in [-0.4, -0.2) is 24.2 Å². The lowest BCUT2D eigenvalue weighted by atomic mass is 9.48. The van der Waals surface area contributed by atoms with Crippen molar-refractivity contribution in [2.24, 2.45) is 16.6 Å². The van der Waals surface area contributed by atoms with E-state index in [1.807, 2.05) is 27.7 Å². The summed E-state index contributed by atoms with van der Waals surface area (Å²) in [4.78, 5) is 11.3. The van der Waals surface area contributed by atoms with E-state index in [-0.39, 0.29) is 22.9 Å². The number of hydrogen-bond acceptors (Lipinski definition) is 2. The zero-order chi connectivity index (χ0) is 13.6. The first-order valence-electron chi connectivity index (χ1n) is 5.50. The van der Waals surface area contributed by atoms with Gasteiger partial charge in [-0.05, 0) is 0 Å². The molecular weight excluding hydrogens is 233 g/mol. The Hall–Kier alpha value is -0.780. The Balaban J connectivity index is 2.67. The van der Waals surface area contributed by atoms with Gasteiger partial charge < -0.3 is 11.1 Å². The third kappa shape index (κ3) is 2.56. The molecule has 1 rings (SSSR count). The van der Waals surface area contributed by atoms with E-state index in [0.717, 1.165) is 0 Å². The Morgan fingerprint density at radius 3 is 2.00 bits per heavy atom. The molecule has 3 nitrogen and oxygen atoms in total. The number of amides is 1. The summed E-state index contributed by atoms with van der Waals surface area (Å²) in [6.45, 7) is 7.39. The van der Waals surface area contributed by atoms with Gasteiger partial charge >= 0.3 is 6.18 Å². The van der Waals surface area contributed by atoms with E-state index in [9.17, 15) is 18.0 Å². The minimum absolute atomic E-state index is 0.147. The summed E-state index contributed by atoms with van der Waals surface area (Å²) in [7, 11) is 0. The SMILES string of the molecule is CC1(C)C(N)C(C)(C)C1NC(=O)CC(F)(F)F. The molecule has 0 saturated heterocycles. The number of halogens is 3. The van der Waals surface area contributed by atoms with Gasteiger partial charge in [0, 0.05) is 22.9 Å². The molecular formula is C11H19F3N2O. The summed E-state index contributed by atoms with van der Waals surface area (Å²) in [6, 6.07) is -0.481. The molecule has 0 unspecified atom stereocenters. The average molecular weight is 252 g/mol. The second kappa shape index (κ2) is 3.86. The molecule has 17 heavy (non-hydrogen) atoms. The highest BCUT2D eigenvalue weighted by Gasteiger charge is 2.60. The van der Waals surface area contributed by atoms with Crippen molar-refractivity contribution >= 4 is 5.91 Å². The van der Waals surface area contributed by atoms with Crippen molar-refractivity contribution in [1.82, 2.24) is 5.32 Å². The Bertz CT molecular complexity index is 307. The van der Waals surface area contributed by atoms with Gasteiger partial charge in [-0.25, -0.2) is 0 Å². The van der Waals surface area contributed by atoms with Gasteiger partial charge in [0.2, 0.25) is 5.91 Å². The predicted octanol–water partition coefficient (Wildman–Crippen LogP) is 1.82. The Kier molecular flexibility index (Phi) is 3.25. The molecule has 100 valence electrons. The fourth-order valence-corrected chi connectivity index (χ4v) is 2.95. The van der Waals surface area contributed by atoms with Gasteiger partial charge in [-0.2, -0.15) is 13.2 Å².